The molecule has 2 heterocycles. The van der Waals surface area contributed by atoms with Gasteiger partial charge >= 0.3 is 0 Å². The molecule has 2 aromatic heterocycles. The predicted molar refractivity (Wildman–Crippen MR) is 157 cm³/mol. The molecule has 0 radical (unpaired) electrons. The Labute approximate surface area is 226 Å². The Kier molecular flexibility index (Phi) is 7.95. The summed E-state index contributed by atoms with van der Waals surface area (Å²) in [6.07, 6.45) is 9.08. The molecule has 196 valence electrons. The van der Waals surface area contributed by atoms with Crippen molar-refractivity contribution in [3.8, 4) is 23.6 Å². The van der Waals surface area contributed by atoms with Crippen molar-refractivity contribution in [2.45, 2.75) is 43.9 Å². The Morgan fingerprint density at radius 3 is 2.55 bits per heavy atom. The van der Waals surface area contributed by atoms with Gasteiger partial charge in [-0.2, -0.15) is 9.61 Å². The zero-order valence-electron chi connectivity index (χ0n) is 22.7. The summed E-state index contributed by atoms with van der Waals surface area (Å²) in [4.78, 5) is 5.11. The maximum Gasteiger partial charge on any atom is 0.242 e. The average Bonchev–Trinajstić information content (AvgIpc) is 3.31. The van der Waals surface area contributed by atoms with Gasteiger partial charge in [-0.3, -0.25) is 0 Å². The quantitative estimate of drug-likeness (QED) is 0.194. The van der Waals surface area contributed by atoms with Crippen molar-refractivity contribution in [2.24, 2.45) is 0 Å². The minimum atomic E-state index is -3.58. The molecule has 7 nitrogen and oxygen atoms in total. The number of sulfonamides is 1. The Bertz CT molecular complexity index is 1590. The standard InChI is InChI=1S/C29H34BN5O2S/c1-6-21-11-8-9-12-24(21)26-19-27(35-28(33-26)25(30)20-32-35)31-17-10-18-34(5)38(36,37)23-15-13-22(14-16-23)29(3,4)7-2/h1,8-9,11-16,19-20,31H,7,10,17-18,30H2,2-5H3. The number of fused-ring (bicyclic) bond motifs is 1. The summed E-state index contributed by atoms with van der Waals surface area (Å²) in [5.74, 6) is 3.50. The first-order valence-electron chi connectivity index (χ1n) is 12.8. The van der Waals surface area contributed by atoms with Crippen LogP contribution in [0.15, 0.2) is 65.7 Å². The second-order valence-corrected chi connectivity index (χ2v) is 12.2. The molecular formula is C29H34BN5O2S. The van der Waals surface area contributed by atoms with E-state index in [0.717, 1.165) is 45.7 Å². The van der Waals surface area contributed by atoms with Crippen molar-refractivity contribution in [2.75, 3.05) is 25.5 Å². The minimum Gasteiger partial charge on any atom is -0.370 e. The van der Waals surface area contributed by atoms with Crippen LogP contribution in [-0.2, 0) is 15.4 Å². The molecule has 38 heavy (non-hydrogen) atoms. The lowest BCUT2D eigenvalue weighted by molar-refractivity contribution is 0.465. The number of benzene rings is 2. The van der Waals surface area contributed by atoms with Crippen molar-refractivity contribution in [3.05, 3.63) is 71.9 Å². The highest BCUT2D eigenvalue weighted by molar-refractivity contribution is 7.89. The Balaban J connectivity index is 1.46. The minimum absolute atomic E-state index is 0.00806. The van der Waals surface area contributed by atoms with Crippen LogP contribution in [0.25, 0.3) is 16.9 Å². The lowest BCUT2D eigenvalue weighted by Gasteiger charge is -2.24. The number of hydrogen-bond acceptors (Lipinski definition) is 5. The third-order valence-electron chi connectivity index (χ3n) is 7.19. The Hall–Kier alpha value is -3.61. The summed E-state index contributed by atoms with van der Waals surface area (Å²) < 4.78 is 29.4. The number of nitrogens with one attached hydrogen (secondary N) is 1. The van der Waals surface area contributed by atoms with Crippen LogP contribution in [0, 0.1) is 12.3 Å². The first-order chi connectivity index (χ1) is 18.1. The molecule has 0 aliphatic carbocycles. The van der Waals surface area contributed by atoms with E-state index in [0.29, 0.717) is 24.4 Å². The normalized spacial score (nSPS) is 12.1. The van der Waals surface area contributed by atoms with E-state index in [-0.39, 0.29) is 5.41 Å². The van der Waals surface area contributed by atoms with Gasteiger partial charge in [-0.25, -0.2) is 17.7 Å². The van der Waals surface area contributed by atoms with Gasteiger partial charge in [0.1, 0.15) is 13.7 Å². The molecular weight excluding hydrogens is 493 g/mol. The molecule has 9 heteroatoms. The van der Waals surface area contributed by atoms with E-state index in [1.807, 2.05) is 50.3 Å². The predicted octanol–water partition coefficient (Wildman–Crippen LogP) is 3.45. The molecule has 0 amide bonds. The fourth-order valence-electron chi connectivity index (χ4n) is 4.27. The maximum absolute atomic E-state index is 13.1. The number of aromatic nitrogens is 3. The number of rotatable bonds is 10. The molecule has 0 bridgehead atoms. The first kappa shape index (κ1) is 27.4. The van der Waals surface area contributed by atoms with E-state index in [1.54, 1.807) is 29.9 Å². The topological polar surface area (TPSA) is 79.6 Å². The second-order valence-electron chi connectivity index (χ2n) is 10.1. The van der Waals surface area contributed by atoms with Gasteiger partial charge in [0.2, 0.25) is 10.0 Å². The summed E-state index contributed by atoms with van der Waals surface area (Å²) in [5.41, 5.74) is 5.23. The number of hydrogen-bond donors (Lipinski definition) is 1. The molecule has 0 aliphatic heterocycles. The van der Waals surface area contributed by atoms with Gasteiger partial charge in [0, 0.05) is 43.5 Å². The number of terminal acetylenes is 1. The van der Waals surface area contributed by atoms with Gasteiger partial charge in [0.15, 0.2) is 5.65 Å². The van der Waals surface area contributed by atoms with Crippen molar-refractivity contribution >= 4 is 34.8 Å². The third-order valence-corrected chi connectivity index (χ3v) is 9.06. The summed E-state index contributed by atoms with van der Waals surface area (Å²) >= 11 is 0. The maximum atomic E-state index is 13.1. The van der Waals surface area contributed by atoms with Gasteiger partial charge in [0.25, 0.3) is 0 Å². The summed E-state index contributed by atoms with van der Waals surface area (Å²) in [7, 11) is 0.00885. The van der Waals surface area contributed by atoms with Crippen molar-refractivity contribution < 1.29 is 8.42 Å². The Morgan fingerprint density at radius 1 is 1.16 bits per heavy atom. The highest BCUT2D eigenvalue weighted by Crippen LogP contribution is 2.28. The molecule has 0 saturated carbocycles. The van der Waals surface area contributed by atoms with E-state index in [1.165, 1.54) is 4.31 Å². The molecule has 0 saturated heterocycles. The zero-order chi connectivity index (χ0) is 27.5. The van der Waals surface area contributed by atoms with Gasteiger partial charge < -0.3 is 5.32 Å². The van der Waals surface area contributed by atoms with Crippen LogP contribution in [0.5, 0.6) is 0 Å². The van der Waals surface area contributed by atoms with Gasteiger partial charge in [-0.05, 0) is 47.5 Å². The lowest BCUT2D eigenvalue weighted by atomic mass is 9.82. The SMILES string of the molecule is Bc1cnn2c(NCCCN(C)S(=O)(=O)c3ccc(C(C)(C)CC)cc3)cc(-c3ccccc3C#C)nc12. The second kappa shape index (κ2) is 11.0. The van der Waals surface area contributed by atoms with Crippen LogP contribution in [0.3, 0.4) is 0 Å². The highest BCUT2D eigenvalue weighted by atomic mass is 32.2. The van der Waals surface area contributed by atoms with E-state index in [4.69, 9.17) is 11.4 Å². The highest BCUT2D eigenvalue weighted by Gasteiger charge is 2.23. The number of nitrogens with zero attached hydrogens (tertiary/aromatic N) is 4. The molecule has 2 aromatic carbocycles. The monoisotopic (exact) mass is 527 g/mol. The fraction of sp³-hybridized carbons (Fsp3) is 0.310. The van der Waals surface area contributed by atoms with E-state index in [9.17, 15) is 8.42 Å². The summed E-state index contributed by atoms with van der Waals surface area (Å²) in [5, 5.41) is 7.88. The average molecular weight is 528 g/mol. The fourth-order valence-corrected chi connectivity index (χ4v) is 5.48. The van der Waals surface area contributed by atoms with Crippen molar-refractivity contribution in [3.63, 3.8) is 0 Å². The van der Waals surface area contributed by atoms with Crippen LogP contribution in [0.1, 0.15) is 44.7 Å². The number of anilines is 1. The molecule has 1 N–H and O–H groups in total. The summed E-state index contributed by atoms with van der Waals surface area (Å²) in [6, 6.07) is 16.9. The molecule has 0 aliphatic rings. The van der Waals surface area contributed by atoms with Crippen LogP contribution in [0.4, 0.5) is 5.82 Å². The lowest BCUT2D eigenvalue weighted by Crippen LogP contribution is -2.29. The molecule has 4 rings (SSSR count). The molecule has 4 aromatic rings. The smallest absolute Gasteiger partial charge is 0.242 e. The molecule has 0 atom stereocenters. The third kappa shape index (κ3) is 5.47. The molecule has 0 unspecified atom stereocenters. The molecule has 0 spiro atoms. The van der Waals surface area contributed by atoms with Crippen molar-refractivity contribution in [1.29, 1.82) is 0 Å². The van der Waals surface area contributed by atoms with E-state index >= 15 is 0 Å². The molecule has 0 fully saturated rings. The van der Waals surface area contributed by atoms with Crippen LogP contribution < -0.4 is 10.8 Å². The van der Waals surface area contributed by atoms with Crippen LogP contribution in [-0.4, -0.2) is 55.3 Å². The van der Waals surface area contributed by atoms with Crippen LogP contribution in [0.2, 0.25) is 0 Å². The van der Waals surface area contributed by atoms with Gasteiger partial charge in [-0.1, -0.05) is 57.0 Å². The van der Waals surface area contributed by atoms with E-state index in [2.05, 4.69) is 37.1 Å². The van der Waals surface area contributed by atoms with Crippen molar-refractivity contribution in [1.82, 2.24) is 18.9 Å². The van der Waals surface area contributed by atoms with Crippen LogP contribution >= 0.6 is 0 Å². The zero-order valence-corrected chi connectivity index (χ0v) is 23.5. The van der Waals surface area contributed by atoms with Gasteiger partial charge in [-0.15, -0.1) is 6.42 Å². The van der Waals surface area contributed by atoms with Gasteiger partial charge in [0.05, 0.1) is 10.6 Å². The largest absolute Gasteiger partial charge is 0.370 e. The summed E-state index contributed by atoms with van der Waals surface area (Å²) in [6.45, 7) is 7.38. The first-order valence-corrected chi connectivity index (χ1v) is 14.2. The Morgan fingerprint density at radius 2 is 1.87 bits per heavy atom. The van der Waals surface area contributed by atoms with E-state index < -0.39 is 10.0 Å².